The summed E-state index contributed by atoms with van der Waals surface area (Å²) in [7, 11) is 0. The molecule has 0 unspecified atom stereocenters. The van der Waals surface area contributed by atoms with Crippen LogP contribution in [0.25, 0.3) is 0 Å². The number of benzene rings is 1. The molecule has 0 fully saturated rings. The Bertz CT molecular complexity index is 710. The van der Waals surface area contributed by atoms with Crippen molar-refractivity contribution in [3.05, 3.63) is 57.5 Å². The van der Waals surface area contributed by atoms with Crippen LogP contribution in [-0.4, -0.2) is 10.5 Å². The molecule has 0 saturated carbocycles. The highest BCUT2D eigenvalue weighted by atomic mass is 35.5. The summed E-state index contributed by atoms with van der Waals surface area (Å²) in [5.74, 6) is -0.327. The lowest BCUT2D eigenvalue weighted by atomic mass is 10.2. The monoisotopic (exact) mass is 291 g/mol. The Morgan fingerprint density at radius 1 is 1.40 bits per heavy atom. The summed E-state index contributed by atoms with van der Waals surface area (Å²) in [6.07, 6.45) is 1.57. The highest BCUT2D eigenvalue weighted by Crippen LogP contribution is 2.22. The molecule has 0 aliphatic rings. The van der Waals surface area contributed by atoms with Crippen LogP contribution in [0.15, 0.2) is 41.3 Å². The number of pyridine rings is 1. The van der Waals surface area contributed by atoms with Crippen LogP contribution in [0.2, 0.25) is 5.02 Å². The Balaban J connectivity index is 2.13. The largest absolute Gasteiger partial charge is 0.397 e. The van der Waals surface area contributed by atoms with Crippen LogP contribution >= 0.6 is 11.6 Å². The van der Waals surface area contributed by atoms with E-state index in [1.807, 2.05) is 0 Å². The highest BCUT2D eigenvalue weighted by molar-refractivity contribution is 6.31. The lowest BCUT2D eigenvalue weighted by Crippen LogP contribution is -2.28. The number of rotatable bonds is 3. The van der Waals surface area contributed by atoms with Gasteiger partial charge in [-0.25, -0.2) is 0 Å². The molecule has 0 saturated heterocycles. The second-order valence-corrected chi connectivity index (χ2v) is 4.84. The van der Waals surface area contributed by atoms with E-state index in [9.17, 15) is 9.59 Å². The fraction of sp³-hybridized carbons (Fsp3) is 0.143. The van der Waals surface area contributed by atoms with Crippen LogP contribution in [0.4, 0.5) is 11.4 Å². The Hall–Kier alpha value is -2.27. The normalized spacial score (nSPS) is 10.3. The molecular weight excluding hydrogens is 278 g/mol. The van der Waals surface area contributed by atoms with Crippen LogP contribution < -0.4 is 16.6 Å². The van der Waals surface area contributed by atoms with Crippen molar-refractivity contribution in [1.82, 2.24) is 4.57 Å². The van der Waals surface area contributed by atoms with Gasteiger partial charge in [-0.15, -0.1) is 0 Å². The van der Waals surface area contributed by atoms with Crippen molar-refractivity contribution in [2.24, 2.45) is 0 Å². The number of nitrogens with two attached hydrogens (primary N) is 1. The van der Waals surface area contributed by atoms with Gasteiger partial charge in [-0.2, -0.15) is 0 Å². The van der Waals surface area contributed by atoms with Gasteiger partial charge < -0.3 is 15.6 Å². The maximum Gasteiger partial charge on any atom is 0.253 e. The molecule has 1 heterocycles. The number of amides is 1. The van der Waals surface area contributed by atoms with Gasteiger partial charge in [-0.3, -0.25) is 9.59 Å². The van der Waals surface area contributed by atoms with Crippen molar-refractivity contribution in [3.63, 3.8) is 0 Å². The number of halogens is 1. The number of aryl methyl sites for hydroxylation is 1. The summed E-state index contributed by atoms with van der Waals surface area (Å²) in [6.45, 7) is 1.64. The Labute approximate surface area is 121 Å². The first-order valence-electron chi connectivity index (χ1n) is 5.98. The summed E-state index contributed by atoms with van der Waals surface area (Å²) >= 11 is 5.78. The number of hydrogen-bond acceptors (Lipinski definition) is 3. The highest BCUT2D eigenvalue weighted by Gasteiger charge is 2.08. The molecule has 104 valence electrons. The number of nitrogens with one attached hydrogen (secondary N) is 1. The van der Waals surface area contributed by atoms with Crippen LogP contribution in [0.3, 0.4) is 0 Å². The third-order valence-corrected chi connectivity index (χ3v) is 3.05. The Kier molecular flexibility index (Phi) is 4.10. The molecule has 0 atom stereocenters. The third kappa shape index (κ3) is 3.19. The number of anilines is 2. The van der Waals surface area contributed by atoms with Gasteiger partial charge in [0, 0.05) is 16.8 Å². The summed E-state index contributed by atoms with van der Waals surface area (Å²) in [5.41, 5.74) is 7.00. The van der Waals surface area contributed by atoms with Crippen molar-refractivity contribution in [2.75, 3.05) is 11.1 Å². The van der Waals surface area contributed by atoms with Crippen LogP contribution in [0.1, 0.15) is 5.56 Å². The second kappa shape index (κ2) is 5.79. The average molecular weight is 292 g/mol. The third-order valence-electron chi connectivity index (χ3n) is 2.81. The standard InChI is InChI=1S/C14H14ClN3O2/c1-9-3-2-6-18(14(9)20)8-13(19)17-12-5-4-10(15)7-11(12)16/h2-7H,8,16H2,1H3,(H,17,19). The summed E-state index contributed by atoms with van der Waals surface area (Å²) in [5, 5.41) is 3.15. The molecule has 3 N–H and O–H groups in total. The molecule has 6 heteroatoms. The lowest BCUT2D eigenvalue weighted by Gasteiger charge is -2.10. The SMILES string of the molecule is Cc1cccn(CC(=O)Nc2ccc(Cl)cc2N)c1=O. The summed E-state index contributed by atoms with van der Waals surface area (Å²) in [4.78, 5) is 23.7. The van der Waals surface area contributed by atoms with E-state index in [0.29, 0.717) is 22.0 Å². The molecule has 0 spiro atoms. The molecule has 1 amide bonds. The molecule has 0 radical (unpaired) electrons. The Morgan fingerprint density at radius 3 is 2.85 bits per heavy atom. The summed E-state index contributed by atoms with van der Waals surface area (Å²) in [6, 6.07) is 8.23. The topological polar surface area (TPSA) is 77.1 Å². The van der Waals surface area contributed by atoms with Crippen molar-refractivity contribution >= 4 is 28.9 Å². The van der Waals surface area contributed by atoms with Gasteiger partial charge in [0.1, 0.15) is 6.54 Å². The van der Waals surface area contributed by atoms with Crippen LogP contribution in [-0.2, 0) is 11.3 Å². The molecule has 20 heavy (non-hydrogen) atoms. The van der Waals surface area contributed by atoms with E-state index in [2.05, 4.69) is 5.32 Å². The molecule has 0 aliphatic heterocycles. The maximum absolute atomic E-state index is 11.9. The van der Waals surface area contributed by atoms with Gasteiger partial charge in [0.2, 0.25) is 5.91 Å². The van der Waals surface area contributed by atoms with Crippen LogP contribution in [0, 0.1) is 6.92 Å². The van der Waals surface area contributed by atoms with Gasteiger partial charge in [-0.1, -0.05) is 17.7 Å². The lowest BCUT2D eigenvalue weighted by molar-refractivity contribution is -0.116. The molecule has 1 aromatic carbocycles. The predicted octanol–water partition coefficient (Wildman–Crippen LogP) is 2.03. The first-order chi connectivity index (χ1) is 9.47. The minimum Gasteiger partial charge on any atom is -0.397 e. The molecular formula is C14H14ClN3O2. The fourth-order valence-electron chi connectivity index (χ4n) is 1.77. The van der Waals surface area contributed by atoms with E-state index in [4.69, 9.17) is 17.3 Å². The smallest absolute Gasteiger partial charge is 0.253 e. The molecule has 2 aromatic rings. The quantitative estimate of drug-likeness (QED) is 0.850. The second-order valence-electron chi connectivity index (χ2n) is 4.40. The van der Waals surface area contributed by atoms with E-state index in [1.54, 1.807) is 43.5 Å². The van der Waals surface area contributed by atoms with Gasteiger partial charge >= 0.3 is 0 Å². The molecule has 5 nitrogen and oxygen atoms in total. The zero-order chi connectivity index (χ0) is 14.7. The van der Waals surface area contributed by atoms with E-state index in [-0.39, 0.29) is 18.0 Å². The van der Waals surface area contributed by atoms with Gasteiger partial charge in [-0.05, 0) is 31.2 Å². The predicted molar refractivity (Wildman–Crippen MR) is 79.9 cm³/mol. The van der Waals surface area contributed by atoms with Crippen molar-refractivity contribution in [3.8, 4) is 0 Å². The van der Waals surface area contributed by atoms with Crippen molar-refractivity contribution in [2.45, 2.75) is 13.5 Å². The zero-order valence-electron chi connectivity index (χ0n) is 10.9. The molecule has 2 rings (SSSR count). The van der Waals surface area contributed by atoms with E-state index in [1.165, 1.54) is 4.57 Å². The van der Waals surface area contributed by atoms with Gasteiger partial charge in [0.05, 0.1) is 11.4 Å². The fourth-order valence-corrected chi connectivity index (χ4v) is 1.95. The minimum absolute atomic E-state index is 0.0669. The first-order valence-corrected chi connectivity index (χ1v) is 6.36. The van der Waals surface area contributed by atoms with Gasteiger partial charge in [0.25, 0.3) is 5.56 Å². The number of hydrogen-bond donors (Lipinski definition) is 2. The van der Waals surface area contributed by atoms with E-state index >= 15 is 0 Å². The van der Waals surface area contributed by atoms with Crippen LogP contribution in [0.5, 0.6) is 0 Å². The minimum atomic E-state index is -0.327. The number of aromatic nitrogens is 1. The average Bonchev–Trinajstić information content (AvgIpc) is 2.38. The van der Waals surface area contributed by atoms with Gasteiger partial charge in [0.15, 0.2) is 0 Å². The number of carbonyl (C=O) groups is 1. The van der Waals surface area contributed by atoms with Crippen molar-refractivity contribution < 1.29 is 4.79 Å². The number of nitrogen functional groups attached to an aromatic ring is 1. The summed E-state index contributed by atoms with van der Waals surface area (Å²) < 4.78 is 1.34. The van der Waals surface area contributed by atoms with E-state index in [0.717, 1.165) is 0 Å². The Morgan fingerprint density at radius 2 is 2.15 bits per heavy atom. The molecule has 1 aromatic heterocycles. The molecule has 0 bridgehead atoms. The zero-order valence-corrected chi connectivity index (χ0v) is 11.6. The first kappa shape index (κ1) is 14.1. The number of carbonyl (C=O) groups excluding carboxylic acids is 1. The van der Waals surface area contributed by atoms with E-state index < -0.39 is 0 Å². The number of nitrogens with zero attached hydrogens (tertiary/aromatic N) is 1. The molecule has 0 aliphatic carbocycles. The van der Waals surface area contributed by atoms with Crippen molar-refractivity contribution in [1.29, 1.82) is 0 Å². The maximum atomic E-state index is 11.9.